The van der Waals surface area contributed by atoms with Gasteiger partial charge in [0.2, 0.25) is 5.88 Å². The minimum atomic E-state index is -4.44. The summed E-state index contributed by atoms with van der Waals surface area (Å²) in [5.74, 6) is -0.127. The zero-order chi connectivity index (χ0) is 8.48. The van der Waals surface area contributed by atoms with Crippen LogP contribution in [0.3, 0.4) is 0 Å². The summed E-state index contributed by atoms with van der Waals surface area (Å²) in [6.07, 6.45) is -3.70. The van der Waals surface area contributed by atoms with Gasteiger partial charge in [-0.15, -0.1) is 10.5 Å². The molecule has 0 aromatic rings. The summed E-state index contributed by atoms with van der Waals surface area (Å²) in [6.45, 7) is 0. The Balaban J connectivity index is 2.72. The van der Waals surface area contributed by atoms with Crippen LogP contribution in [0.2, 0.25) is 0 Å². The average Bonchev–Trinajstić information content (AvgIpc) is 2.32. The molecule has 1 aliphatic rings. The maximum Gasteiger partial charge on any atom is 0.435 e. The largest absolute Gasteiger partial charge is 0.480 e. The molecule has 11 heavy (non-hydrogen) atoms. The molecule has 6 heteroatoms. The van der Waals surface area contributed by atoms with Crippen LogP contribution in [0.15, 0.2) is 17.1 Å². The van der Waals surface area contributed by atoms with E-state index >= 15 is 0 Å². The molecule has 1 heterocycles. The summed E-state index contributed by atoms with van der Waals surface area (Å²) >= 11 is 0. The molecule has 3 nitrogen and oxygen atoms in total. The second-order valence-electron chi connectivity index (χ2n) is 1.77. The van der Waals surface area contributed by atoms with E-state index in [1.54, 1.807) is 0 Å². The first-order chi connectivity index (χ1) is 5.04. The van der Waals surface area contributed by atoms with Gasteiger partial charge in [-0.3, -0.25) is 0 Å². The maximum absolute atomic E-state index is 11.8. The van der Waals surface area contributed by atoms with Gasteiger partial charge in [-0.25, -0.2) is 0 Å². The number of hydrogen-bond donors (Lipinski definition) is 0. The van der Waals surface area contributed by atoms with Crippen LogP contribution in [0.25, 0.3) is 0 Å². The lowest BCUT2D eigenvalue weighted by Gasteiger charge is -1.99. The molecular weight excluding hydrogens is 161 g/mol. The predicted octanol–water partition coefficient (Wildman–Crippen LogP) is 1.01. The minimum Gasteiger partial charge on any atom is -0.480 e. The molecule has 1 aliphatic heterocycles. The number of alkyl halides is 3. The van der Waals surface area contributed by atoms with E-state index in [1.165, 1.54) is 7.11 Å². The molecule has 0 aromatic carbocycles. The molecule has 0 saturated carbocycles. The summed E-state index contributed by atoms with van der Waals surface area (Å²) < 4.78 is 39.8. The lowest BCUT2D eigenvalue weighted by Crippen LogP contribution is -2.19. The minimum absolute atomic E-state index is 0.127. The standard InChI is InChI=1S/C5H4F3N2O/c1-11-4-2-3(9-10-4)5(6,7)8/h2H,1H3. The number of nitrogens with zero attached hydrogens (tertiary/aromatic N) is 2. The highest BCUT2D eigenvalue weighted by Crippen LogP contribution is 2.21. The van der Waals surface area contributed by atoms with Crippen molar-refractivity contribution in [2.75, 3.05) is 7.11 Å². The SMILES string of the molecule is COC1=CC(C(F)(F)F)=N[N]1. The van der Waals surface area contributed by atoms with Crippen molar-refractivity contribution >= 4 is 5.71 Å². The van der Waals surface area contributed by atoms with Gasteiger partial charge in [-0.2, -0.15) is 13.2 Å². The molecular formula is C5H4F3N2O. The van der Waals surface area contributed by atoms with Crippen molar-refractivity contribution in [1.29, 1.82) is 0 Å². The first-order valence-electron chi connectivity index (χ1n) is 2.65. The van der Waals surface area contributed by atoms with Crippen molar-refractivity contribution in [3.05, 3.63) is 12.0 Å². The maximum atomic E-state index is 11.8. The van der Waals surface area contributed by atoms with Crippen LogP contribution < -0.4 is 5.43 Å². The van der Waals surface area contributed by atoms with Gasteiger partial charge < -0.3 is 4.74 Å². The molecule has 0 atom stereocenters. The molecule has 0 N–H and O–H groups in total. The number of ether oxygens (including phenoxy) is 1. The number of allylic oxidation sites excluding steroid dienone is 1. The Morgan fingerprint density at radius 1 is 1.45 bits per heavy atom. The van der Waals surface area contributed by atoms with E-state index < -0.39 is 11.9 Å². The molecule has 1 rings (SSSR count). The van der Waals surface area contributed by atoms with Crippen LogP contribution in [0.1, 0.15) is 0 Å². The summed E-state index contributed by atoms with van der Waals surface area (Å²) in [6, 6.07) is 0. The Morgan fingerprint density at radius 2 is 2.09 bits per heavy atom. The molecule has 61 valence electrons. The Kier molecular flexibility index (Phi) is 1.76. The van der Waals surface area contributed by atoms with Gasteiger partial charge in [0, 0.05) is 6.08 Å². The zero-order valence-electron chi connectivity index (χ0n) is 5.51. The zero-order valence-corrected chi connectivity index (χ0v) is 5.51. The molecule has 0 saturated heterocycles. The van der Waals surface area contributed by atoms with Crippen LogP contribution in [0, 0.1) is 0 Å². The highest BCUT2D eigenvalue weighted by atomic mass is 19.4. The van der Waals surface area contributed by atoms with Crippen LogP contribution >= 0.6 is 0 Å². The van der Waals surface area contributed by atoms with E-state index in [1.807, 2.05) is 0 Å². The predicted molar refractivity (Wildman–Crippen MR) is 30.7 cm³/mol. The fourth-order valence-corrected chi connectivity index (χ4v) is 0.516. The number of methoxy groups -OCH3 is 1. The van der Waals surface area contributed by atoms with Gasteiger partial charge in [-0.05, 0) is 0 Å². The van der Waals surface area contributed by atoms with E-state index in [2.05, 4.69) is 15.3 Å². The highest BCUT2D eigenvalue weighted by molar-refractivity contribution is 6.00. The lowest BCUT2D eigenvalue weighted by molar-refractivity contribution is -0.0577. The molecule has 0 aliphatic carbocycles. The summed E-state index contributed by atoms with van der Waals surface area (Å²) in [5.41, 5.74) is 2.08. The summed E-state index contributed by atoms with van der Waals surface area (Å²) in [7, 11) is 1.23. The van der Waals surface area contributed by atoms with Crippen molar-refractivity contribution in [3.8, 4) is 0 Å². The first kappa shape index (κ1) is 7.90. The van der Waals surface area contributed by atoms with Gasteiger partial charge in [0.05, 0.1) is 7.11 Å². The van der Waals surface area contributed by atoms with Crippen molar-refractivity contribution < 1.29 is 17.9 Å². The highest BCUT2D eigenvalue weighted by Gasteiger charge is 2.37. The van der Waals surface area contributed by atoms with Gasteiger partial charge >= 0.3 is 6.18 Å². The Morgan fingerprint density at radius 3 is 2.36 bits per heavy atom. The van der Waals surface area contributed by atoms with Crippen LogP contribution in [0.4, 0.5) is 13.2 Å². The van der Waals surface area contributed by atoms with Gasteiger partial charge in [0.1, 0.15) is 0 Å². The second-order valence-corrected chi connectivity index (χ2v) is 1.77. The third-order valence-electron chi connectivity index (χ3n) is 1.02. The van der Waals surface area contributed by atoms with E-state index in [9.17, 15) is 13.2 Å². The number of halogens is 3. The number of rotatable bonds is 1. The molecule has 1 radical (unpaired) electrons. The fourth-order valence-electron chi connectivity index (χ4n) is 0.516. The average molecular weight is 165 g/mol. The van der Waals surface area contributed by atoms with Crippen molar-refractivity contribution in [2.45, 2.75) is 6.18 Å². The molecule has 0 unspecified atom stereocenters. The van der Waals surface area contributed by atoms with E-state index in [-0.39, 0.29) is 5.88 Å². The number of hydrogen-bond acceptors (Lipinski definition) is 2. The molecule has 0 aromatic heterocycles. The van der Waals surface area contributed by atoms with Gasteiger partial charge in [0.15, 0.2) is 5.71 Å². The topological polar surface area (TPSA) is 35.7 Å². The third kappa shape index (κ3) is 1.63. The smallest absolute Gasteiger partial charge is 0.435 e. The van der Waals surface area contributed by atoms with Crippen molar-refractivity contribution in [1.82, 2.24) is 5.43 Å². The Bertz CT molecular complexity index is 218. The molecule has 0 amide bonds. The van der Waals surface area contributed by atoms with E-state index in [0.29, 0.717) is 0 Å². The van der Waals surface area contributed by atoms with Gasteiger partial charge in [-0.1, -0.05) is 0 Å². The van der Waals surface area contributed by atoms with E-state index in [4.69, 9.17) is 0 Å². The quantitative estimate of drug-likeness (QED) is 0.571. The van der Waals surface area contributed by atoms with Crippen LogP contribution in [-0.2, 0) is 4.74 Å². The van der Waals surface area contributed by atoms with Crippen LogP contribution in [-0.4, -0.2) is 19.0 Å². The normalized spacial score (nSPS) is 17.1. The van der Waals surface area contributed by atoms with E-state index in [0.717, 1.165) is 6.08 Å². The Labute approximate surface area is 60.5 Å². The molecule has 0 fully saturated rings. The Hall–Kier alpha value is -1.20. The second kappa shape index (κ2) is 2.44. The third-order valence-corrected chi connectivity index (χ3v) is 1.02. The van der Waals surface area contributed by atoms with Gasteiger partial charge in [0.25, 0.3) is 0 Å². The summed E-state index contributed by atoms with van der Waals surface area (Å²) in [4.78, 5) is 0. The molecule has 0 spiro atoms. The van der Waals surface area contributed by atoms with Crippen molar-refractivity contribution in [2.24, 2.45) is 5.10 Å². The monoisotopic (exact) mass is 165 g/mol. The summed E-state index contributed by atoms with van der Waals surface area (Å²) in [5, 5.41) is 2.86. The first-order valence-corrected chi connectivity index (χ1v) is 2.65. The fraction of sp³-hybridized carbons (Fsp3) is 0.400. The lowest BCUT2D eigenvalue weighted by atomic mass is 10.3. The van der Waals surface area contributed by atoms with Crippen LogP contribution in [0.5, 0.6) is 0 Å². The molecule has 0 bridgehead atoms. The van der Waals surface area contributed by atoms with Crippen molar-refractivity contribution in [3.63, 3.8) is 0 Å².